The molecule has 2 aromatic rings. The molecule has 1 aromatic carbocycles. The zero-order chi connectivity index (χ0) is 14.9. The van der Waals surface area contributed by atoms with Gasteiger partial charge < -0.3 is 4.98 Å². The first-order valence-electron chi connectivity index (χ1n) is 6.13. The van der Waals surface area contributed by atoms with Crippen molar-refractivity contribution in [3.63, 3.8) is 0 Å². The van der Waals surface area contributed by atoms with Gasteiger partial charge in [0.25, 0.3) is 5.56 Å². The molecule has 0 aliphatic rings. The molecule has 0 aliphatic heterocycles. The summed E-state index contributed by atoms with van der Waals surface area (Å²) < 4.78 is 0.614. The second-order valence-electron chi connectivity index (χ2n) is 4.87. The van der Waals surface area contributed by atoms with Crippen LogP contribution in [0.4, 0.5) is 0 Å². The van der Waals surface area contributed by atoms with Crippen LogP contribution < -0.4 is 5.56 Å². The Kier molecular flexibility index (Phi) is 5.09. The number of aromatic nitrogens is 2. The number of rotatable bonds is 3. The lowest BCUT2D eigenvalue weighted by atomic mass is 10.1. The molecule has 106 valence electrons. The summed E-state index contributed by atoms with van der Waals surface area (Å²) >= 11 is 14.4. The Morgan fingerprint density at radius 3 is 2.45 bits per heavy atom. The average molecular weight is 423 g/mol. The maximum atomic E-state index is 12.0. The number of nitrogens with one attached hydrogen (secondary N) is 1. The Bertz CT molecular complexity index is 678. The number of halogens is 3. The highest BCUT2D eigenvalue weighted by Crippen LogP contribution is 2.32. The van der Waals surface area contributed by atoms with Gasteiger partial charge in [0.15, 0.2) is 0 Å². The van der Waals surface area contributed by atoms with E-state index in [1.807, 2.05) is 22.6 Å². The minimum absolute atomic E-state index is 0.165. The Hall–Kier alpha value is -0.590. The summed E-state index contributed by atoms with van der Waals surface area (Å²) in [7, 11) is 0. The first-order chi connectivity index (χ1) is 9.40. The Morgan fingerprint density at radius 1 is 1.30 bits per heavy atom. The lowest BCUT2D eigenvalue weighted by Crippen LogP contribution is -2.17. The van der Waals surface area contributed by atoms with Crippen molar-refractivity contribution in [2.24, 2.45) is 5.92 Å². The van der Waals surface area contributed by atoms with E-state index in [1.54, 1.807) is 18.2 Å². The zero-order valence-electron chi connectivity index (χ0n) is 11.0. The average Bonchev–Trinajstić information content (AvgIpc) is 2.34. The maximum Gasteiger partial charge on any atom is 0.264 e. The molecule has 0 unspecified atom stereocenters. The van der Waals surface area contributed by atoms with E-state index in [0.29, 0.717) is 30.9 Å². The highest BCUT2D eigenvalue weighted by Gasteiger charge is 2.15. The Labute approximate surface area is 140 Å². The van der Waals surface area contributed by atoms with Gasteiger partial charge in [0.05, 0.1) is 24.9 Å². The molecule has 0 aliphatic carbocycles. The van der Waals surface area contributed by atoms with Crippen LogP contribution in [-0.2, 0) is 6.42 Å². The number of hydrogen-bond donors (Lipinski definition) is 1. The summed E-state index contributed by atoms with van der Waals surface area (Å²) in [6, 6.07) is 5.21. The van der Waals surface area contributed by atoms with Gasteiger partial charge in [-0.2, -0.15) is 0 Å². The second-order valence-corrected chi connectivity index (χ2v) is 6.76. The molecule has 0 fully saturated rings. The number of aromatic amines is 1. The Morgan fingerprint density at radius 2 is 1.90 bits per heavy atom. The van der Waals surface area contributed by atoms with Crippen molar-refractivity contribution in [3.05, 3.63) is 47.9 Å². The SMILES string of the molecule is CC(C)Cc1nc(-c2c(Cl)cccc2Cl)[nH]c(=O)c1I. The fourth-order valence-corrected chi connectivity index (χ4v) is 2.92. The van der Waals surface area contributed by atoms with Crippen molar-refractivity contribution < 1.29 is 0 Å². The first kappa shape index (κ1) is 15.8. The fraction of sp³-hybridized carbons (Fsp3) is 0.286. The second kappa shape index (κ2) is 6.45. The predicted octanol–water partition coefficient (Wildman–Crippen LogP) is 4.55. The maximum absolute atomic E-state index is 12.0. The van der Waals surface area contributed by atoms with Crippen LogP contribution in [0.15, 0.2) is 23.0 Å². The molecule has 1 heterocycles. The molecule has 1 aromatic heterocycles. The van der Waals surface area contributed by atoms with E-state index in [9.17, 15) is 4.79 Å². The molecule has 0 radical (unpaired) electrons. The van der Waals surface area contributed by atoms with Gasteiger partial charge in [-0.3, -0.25) is 4.79 Å². The van der Waals surface area contributed by atoms with Crippen LogP contribution in [0.3, 0.4) is 0 Å². The van der Waals surface area contributed by atoms with Crippen molar-refractivity contribution >= 4 is 45.8 Å². The van der Waals surface area contributed by atoms with Gasteiger partial charge in [-0.15, -0.1) is 0 Å². The minimum Gasteiger partial charge on any atom is -0.306 e. The van der Waals surface area contributed by atoms with Crippen molar-refractivity contribution in [1.82, 2.24) is 9.97 Å². The topological polar surface area (TPSA) is 45.8 Å². The van der Waals surface area contributed by atoms with Crippen LogP contribution in [0.25, 0.3) is 11.4 Å². The van der Waals surface area contributed by atoms with Gasteiger partial charge in [-0.1, -0.05) is 43.1 Å². The van der Waals surface area contributed by atoms with Crippen molar-refractivity contribution in [3.8, 4) is 11.4 Å². The van der Waals surface area contributed by atoms with E-state index in [0.717, 1.165) is 12.1 Å². The van der Waals surface area contributed by atoms with Crippen LogP contribution in [0.5, 0.6) is 0 Å². The summed E-state index contributed by atoms with van der Waals surface area (Å²) in [4.78, 5) is 19.3. The summed E-state index contributed by atoms with van der Waals surface area (Å²) in [6.45, 7) is 4.17. The molecule has 2 rings (SSSR count). The highest BCUT2D eigenvalue weighted by atomic mass is 127. The van der Waals surface area contributed by atoms with E-state index in [2.05, 4.69) is 23.8 Å². The van der Waals surface area contributed by atoms with E-state index < -0.39 is 0 Å². The van der Waals surface area contributed by atoms with Crippen molar-refractivity contribution in [2.45, 2.75) is 20.3 Å². The third-order valence-corrected chi connectivity index (χ3v) is 4.48. The molecule has 0 bridgehead atoms. The smallest absolute Gasteiger partial charge is 0.264 e. The summed E-state index contributed by atoms with van der Waals surface area (Å²) in [5, 5.41) is 0.940. The largest absolute Gasteiger partial charge is 0.306 e. The number of hydrogen-bond acceptors (Lipinski definition) is 2. The van der Waals surface area contributed by atoms with Gasteiger partial charge in [-0.25, -0.2) is 4.98 Å². The first-order valence-corrected chi connectivity index (χ1v) is 7.96. The van der Waals surface area contributed by atoms with Gasteiger partial charge in [-0.05, 0) is 47.1 Å². The van der Waals surface area contributed by atoms with Crippen LogP contribution in [0, 0.1) is 9.49 Å². The molecule has 3 nitrogen and oxygen atoms in total. The fourth-order valence-electron chi connectivity index (χ4n) is 1.87. The van der Waals surface area contributed by atoms with Crippen LogP contribution >= 0.6 is 45.8 Å². The van der Waals surface area contributed by atoms with Gasteiger partial charge in [0.1, 0.15) is 5.82 Å². The molecule has 0 spiro atoms. The molecular formula is C14H13Cl2IN2O. The van der Waals surface area contributed by atoms with Gasteiger partial charge in [0, 0.05) is 0 Å². The number of nitrogens with zero attached hydrogens (tertiary/aromatic N) is 1. The molecule has 0 atom stereocenters. The van der Waals surface area contributed by atoms with E-state index >= 15 is 0 Å². The molecule has 0 saturated heterocycles. The van der Waals surface area contributed by atoms with Crippen molar-refractivity contribution in [1.29, 1.82) is 0 Å². The molecule has 1 N–H and O–H groups in total. The van der Waals surface area contributed by atoms with E-state index in [-0.39, 0.29) is 5.56 Å². The monoisotopic (exact) mass is 422 g/mol. The van der Waals surface area contributed by atoms with E-state index in [1.165, 1.54) is 0 Å². The molecule has 0 amide bonds. The predicted molar refractivity (Wildman–Crippen MR) is 91.6 cm³/mol. The van der Waals surface area contributed by atoms with Gasteiger partial charge in [0.2, 0.25) is 0 Å². The van der Waals surface area contributed by atoms with E-state index in [4.69, 9.17) is 23.2 Å². The molecule has 0 saturated carbocycles. The van der Waals surface area contributed by atoms with Crippen LogP contribution in [0.1, 0.15) is 19.5 Å². The minimum atomic E-state index is -0.165. The molecule has 20 heavy (non-hydrogen) atoms. The zero-order valence-corrected chi connectivity index (χ0v) is 14.7. The van der Waals surface area contributed by atoms with Crippen molar-refractivity contribution in [2.75, 3.05) is 0 Å². The summed E-state index contributed by atoms with van der Waals surface area (Å²) in [5.41, 5.74) is 1.17. The standard InChI is InChI=1S/C14H13Cl2IN2O/c1-7(2)6-10-12(17)14(20)19-13(18-10)11-8(15)4-3-5-9(11)16/h3-5,7H,6H2,1-2H3,(H,18,19,20). The highest BCUT2D eigenvalue weighted by molar-refractivity contribution is 14.1. The normalized spacial score (nSPS) is 11.1. The Balaban J connectivity index is 2.64. The molecular weight excluding hydrogens is 410 g/mol. The third kappa shape index (κ3) is 3.35. The summed E-state index contributed by atoms with van der Waals surface area (Å²) in [6.07, 6.45) is 0.733. The lowest BCUT2D eigenvalue weighted by Gasteiger charge is -2.10. The number of H-pyrrole nitrogens is 1. The quantitative estimate of drug-likeness (QED) is 0.737. The molecule has 6 heteroatoms. The van der Waals surface area contributed by atoms with Crippen LogP contribution in [0.2, 0.25) is 10.0 Å². The number of benzene rings is 1. The van der Waals surface area contributed by atoms with Gasteiger partial charge >= 0.3 is 0 Å². The lowest BCUT2D eigenvalue weighted by molar-refractivity contribution is 0.631. The summed E-state index contributed by atoms with van der Waals surface area (Å²) in [5.74, 6) is 0.828. The van der Waals surface area contributed by atoms with Crippen LogP contribution in [-0.4, -0.2) is 9.97 Å². The third-order valence-electron chi connectivity index (χ3n) is 2.73.